The molecule has 16 heavy (non-hydrogen) atoms. The van der Waals surface area contributed by atoms with Gasteiger partial charge in [-0.05, 0) is 17.5 Å². The molecule has 0 radical (unpaired) electrons. The van der Waals surface area contributed by atoms with E-state index in [1.165, 1.54) is 11.1 Å². The molecule has 0 aliphatic carbocycles. The van der Waals surface area contributed by atoms with Crippen LogP contribution >= 0.6 is 11.8 Å². The molecule has 2 aliphatic heterocycles. The number of aliphatic hydroxyl groups is 1. The third-order valence-corrected chi connectivity index (χ3v) is 5.06. The number of rotatable bonds is 1. The predicted molar refractivity (Wildman–Crippen MR) is 67.5 cm³/mol. The molecule has 1 saturated heterocycles. The maximum atomic E-state index is 10.7. The molecule has 3 rings (SSSR count). The highest BCUT2D eigenvalue weighted by atomic mass is 32.2. The van der Waals surface area contributed by atoms with E-state index < -0.39 is 5.60 Å². The summed E-state index contributed by atoms with van der Waals surface area (Å²) in [5, 5.41) is 14.8. The maximum Gasteiger partial charge on any atom is 0.0942 e. The van der Waals surface area contributed by atoms with E-state index in [1.807, 2.05) is 11.8 Å². The molecule has 2 N–H and O–H groups in total. The van der Waals surface area contributed by atoms with E-state index in [-0.39, 0.29) is 6.04 Å². The van der Waals surface area contributed by atoms with Gasteiger partial charge in [-0.15, -0.1) is 0 Å². The summed E-state index contributed by atoms with van der Waals surface area (Å²) in [4.78, 5) is 0. The molecule has 2 nitrogen and oxygen atoms in total. The average molecular weight is 235 g/mol. The Morgan fingerprint density at radius 3 is 3.00 bits per heavy atom. The Morgan fingerprint density at radius 2 is 2.25 bits per heavy atom. The van der Waals surface area contributed by atoms with Gasteiger partial charge in [-0.2, -0.15) is 11.8 Å². The summed E-state index contributed by atoms with van der Waals surface area (Å²) in [7, 11) is 0. The molecule has 0 saturated carbocycles. The third kappa shape index (κ3) is 1.58. The lowest BCUT2D eigenvalue weighted by Crippen LogP contribution is -2.41. The molecule has 2 aliphatic rings. The first-order valence-electron chi connectivity index (χ1n) is 5.84. The van der Waals surface area contributed by atoms with Crippen molar-refractivity contribution in [1.29, 1.82) is 0 Å². The molecule has 0 aromatic heterocycles. The lowest BCUT2D eigenvalue weighted by atomic mass is 9.87. The van der Waals surface area contributed by atoms with Gasteiger partial charge in [0, 0.05) is 17.5 Å². The Hall–Kier alpha value is -0.510. The van der Waals surface area contributed by atoms with E-state index in [0.29, 0.717) is 5.25 Å². The van der Waals surface area contributed by atoms with Crippen molar-refractivity contribution >= 4 is 11.8 Å². The van der Waals surface area contributed by atoms with Crippen LogP contribution in [0.1, 0.15) is 30.5 Å². The zero-order chi connectivity index (χ0) is 11.2. The number of hydrogen-bond acceptors (Lipinski definition) is 3. The van der Waals surface area contributed by atoms with E-state index >= 15 is 0 Å². The third-order valence-electron chi connectivity index (χ3n) is 3.66. The van der Waals surface area contributed by atoms with Gasteiger partial charge in [-0.1, -0.05) is 31.2 Å². The molecule has 0 spiro atoms. The first-order chi connectivity index (χ1) is 7.69. The quantitative estimate of drug-likeness (QED) is 0.782. The molecule has 1 fully saturated rings. The number of hydrogen-bond donors (Lipinski definition) is 2. The molecule has 86 valence electrons. The van der Waals surface area contributed by atoms with Crippen molar-refractivity contribution in [2.75, 3.05) is 5.75 Å². The maximum absolute atomic E-state index is 10.7. The van der Waals surface area contributed by atoms with Crippen LogP contribution in [0.3, 0.4) is 0 Å². The van der Waals surface area contributed by atoms with Crippen LogP contribution in [0.2, 0.25) is 0 Å². The Morgan fingerprint density at radius 1 is 1.44 bits per heavy atom. The second-order valence-electron chi connectivity index (χ2n) is 4.94. The summed E-state index contributed by atoms with van der Waals surface area (Å²) >= 11 is 1.88. The molecule has 3 atom stereocenters. The SMILES string of the molecule is CC1CC(O)(C2NCc3ccccc32)CS1. The zero-order valence-electron chi connectivity index (χ0n) is 9.44. The highest BCUT2D eigenvalue weighted by molar-refractivity contribution is 8.00. The summed E-state index contributed by atoms with van der Waals surface area (Å²) in [6, 6.07) is 8.55. The van der Waals surface area contributed by atoms with Crippen molar-refractivity contribution in [3.63, 3.8) is 0 Å². The largest absolute Gasteiger partial charge is 0.387 e. The first-order valence-corrected chi connectivity index (χ1v) is 6.89. The molecule has 1 aromatic rings. The van der Waals surface area contributed by atoms with Gasteiger partial charge in [0.1, 0.15) is 0 Å². The van der Waals surface area contributed by atoms with Gasteiger partial charge in [0.05, 0.1) is 11.6 Å². The van der Waals surface area contributed by atoms with Crippen molar-refractivity contribution in [2.45, 2.75) is 36.8 Å². The van der Waals surface area contributed by atoms with E-state index in [0.717, 1.165) is 18.7 Å². The zero-order valence-corrected chi connectivity index (χ0v) is 10.3. The van der Waals surface area contributed by atoms with Gasteiger partial charge in [0.2, 0.25) is 0 Å². The van der Waals surface area contributed by atoms with Crippen molar-refractivity contribution in [3.05, 3.63) is 35.4 Å². The van der Waals surface area contributed by atoms with Crippen LogP contribution in [0, 0.1) is 0 Å². The predicted octanol–water partition coefficient (Wildman–Crippen LogP) is 2.09. The highest BCUT2D eigenvalue weighted by Crippen LogP contribution is 2.44. The highest BCUT2D eigenvalue weighted by Gasteiger charge is 2.45. The number of thioether (sulfide) groups is 1. The van der Waals surface area contributed by atoms with E-state index in [2.05, 4.69) is 36.5 Å². The van der Waals surface area contributed by atoms with Crippen LogP contribution in [0.5, 0.6) is 0 Å². The van der Waals surface area contributed by atoms with Crippen LogP contribution in [0.4, 0.5) is 0 Å². The first kappa shape index (κ1) is 10.6. The van der Waals surface area contributed by atoms with Gasteiger partial charge in [0.25, 0.3) is 0 Å². The standard InChI is InChI=1S/C13H17NOS/c1-9-6-13(15,8-16-9)12-11-5-3-2-4-10(11)7-14-12/h2-5,9,12,14-15H,6-8H2,1H3. The lowest BCUT2D eigenvalue weighted by molar-refractivity contribution is 0.0258. The van der Waals surface area contributed by atoms with Gasteiger partial charge >= 0.3 is 0 Å². The Labute approximate surface area is 100 Å². The van der Waals surface area contributed by atoms with Crippen LogP contribution in [0.25, 0.3) is 0 Å². The minimum atomic E-state index is -0.559. The minimum Gasteiger partial charge on any atom is -0.387 e. The Bertz CT molecular complexity index is 409. The summed E-state index contributed by atoms with van der Waals surface area (Å²) in [5.41, 5.74) is 2.07. The summed E-state index contributed by atoms with van der Waals surface area (Å²) < 4.78 is 0. The number of nitrogens with one attached hydrogen (secondary N) is 1. The smallest absolute Gasteiger partial charge is 0.0942 e. The van der Waals surface area contributed by atoms with Crippen LogP contribution in [-0.4, -0.2) is 21.7 Å². The fraction of sp³-hybridized carbons (Fsp3) is 0.538. The molecule has 0 amide bonds. The van der Waals surface area contributed by atoms with Gasteiger partial charge in [-0.25, -0.2) is 0 Å². The molecule has 2 heterocycles. The Kier molecular flexibility index (Phi) is 2.50. The summed E-state index contributed by atoms with van der Waals surface area (Å²) in [6.45, 7) is 3.09. The molecule has 0 bridgehead atoms. The molecular weight excluding hydrogens is 218 g/mol. The molecule has 1 aromatic carbocycles. The monoisotopic (exact) mass is 235 g/mol. The second-order valence-corrected chi connectivity index (χ2v) is 6.37. The number of fused-ring (bicyclic) bond motifs is 1. The normalized spacial score (nSPS) is 37.6. The average Bonchev–Trinajstić information content (AvgIpc) is 2.83. The van der Waals surface area contributed by atoms with E-state index in [1.54, 1.807) is 0 Å². The van der Waals surface area contributed by atoms with E-state index in [4.69, 9.17) is 0 Å². The van der Waals surface area contributed by atoms with E-state index in [9.17, 15) is 5.11 Å². The summed E-state index contributed by atoms with van der Waals surface area (Å²) in [6.07, 6.45) is 0.893. The molecule has 3 heteroatoms. The minimum absolute atomic E-state index is 0.126. The van der Waals surface area contributed by atoms with Crippen molar-refractivity contribution in [1.82, 2.24) is 5.32 Å². The van der Waals surface area contributed by atoms with Crippen LogP contribution in [-0.2, 0) is 6.54 Å². The van der Waals surface area contributed by atoms with Crippen LogP contribution < -0.4 is 5.32 Å². The lowest BCUT2D eigenvalue weighted by Gasteiger charge is -2.30. The van der Waals surface area contributed by atoms with Gasteiger partial charge in [-0.3, -0.25) is 0 Å². The number of benzene rings is 1. The Balaban J connectivity index is 1.93. The van der Waals surface area contributed by atoms with Crippen molar-refractivity contribution in [3.8, 4) is 0 Å². The van der Waals surface area contributed by atoms with Crippen LogP contribution in [0.15, 0.2) is 24.3 Å². The van der Waals surface area contributed by atoms with Crippen molar-refractivity contribution in [2.24, 2.45) is 0 Å². The fourth-order valence-electron chi connectivity index (χ4n) is 2.88. The molecular formula is C13H17NOS. The van der Waals surface area contributed by atoms with Crippen molar-refractivity contribution < 1.29 is 5.11 Å². The topological polar surface area (TPSA) is 32.3 Å². The van der Waals surface area contributed by atoms with Gasteiger partial charge < -0.3 is 10.4 Å². The van der Waals surface area contributed by atoms with Gasteiger partial charge in [0.15, 0.2) is 0 Å². The summed E-state index contributed by atoms with van der Waals surface area (Å²) in [5.74, 6) is 0.847. The second kappa shape index (κ2) is 3.76. The fourth-order valence-corrected chi connectivity index (χ4v) is 4.15. The molecule has 3 unspecified atom stereocenters.